The summed E-state index contributed by atoms with van der Waals surface area (Å²) < 4.78 is 26.7. The van der Waals surface area contributed by atoms with Crippen LogP contribution in [0.3, 0.4) is 0 Å². The average molecular weight is 541 g/mol. The van der Waals surface area contributed by atoms with Gasteiger partial charge in [0.2, 0.25) is 6.29 Å². The van der Waals surface area contributed by atoms with Gasteiger partial charge in [-0.1, -0.05) is 12.1 Å². The molecule has 2 aliphatic rings. The quantitative estimate of drug-likeness (QED) is 0.131. The molecule has 1 aromatic rings. The summed E-state index contributed by atoms with van der Waals surface area (Å²) >= 11 is 0. The average Bonchev–Trinajstić information content (AvgIpc) is 2.90. The lowest BCUT2D eigenvalue weighted by atomic mass is 9.86. The van der Waals surface area contributed by atoms with Crippen LogP contribution in [0.1, 0.15) is 18.9 Å². The smallest absolute Gasteiger partial charge is 0.337 e. The van der Waals surface area contributed by atoms with Crippen molar-refractivity contribution in [1.82, 2.24) is 0 Å². The van der Waals surface area contributed by atoms with E-state index in [2.05, 4.69) is 0 Å². The van der Waals surface area contributed by atoms with Gasteiger partial charge in [0.1, 0.15) is 24.4 Å². The summed E-state index contributed by atoms with van der Waals surface area (Å²) in [5.41, 5.74) is 0.927. The van der Waals surface area contributed by atoms with Gasteiger partial charge in [0.25, 0.3) is 0 Å². The number of benzene rings is 1. The Hall–Kier alpha value is -3.20. The van der Waals surface area contributed by atoms with Crippen molar-refractivity contribution in [3.63, 3.8) is 0 Å². The molecule has 0 amide bonds. The number of aromatic hydroxyl groups is 2. The summed E-state index contributed by atoms with van der Waals surface area (Å²) in [7, 11) is 1.16. The first kappa shape index (κ1) is 29.4. The third-order valence-corrected chi connectivity index (χ3v) is 6.29. The number of hydrogen-bond acceptors (Lipinski definition) is 13. The van der Waals surface area contributed by atoms with Crippen molar-refractivity contribution in [3.8, 4) is 11.5 Å². The van der Waals surface area contributed by atoms with Crippen molar-refractivity contribution in [2.24, 2.45) is 5.92 Å². The minimum Gasteiger partial charge on any atom is -0.504 e. The molecule has 4 unspecified atom stereocenters. The zero-order valence-corrected chi connectivity index (χ0v) is 20.8. The minimum absolute atomic E-state index is 0.00894. The van der Waals surface area contributed by atoms with Crippen molar-refractivity contribution in [1.29, 1.82) is 0 Å². The molecule has 0 aliphatic carbocycles. The second kappa shape index (κ2) is 13.0. The van der Waals surface area contributed by atoms with Gasteiger partial charge in [-0.15, -0.1) is 0 Å². The normalized spacial score (nSPS) is 30.3. The fourth-order valence-corrected chi connectivity index (χ4v) is 4.16. The Morgan fingerprint density at radius 3 is 2.45 bits per heavy atom. The van der Waals surface area contributed by atoms with Gasteiger partial charge < -0.3 is 54.3 Å². The predicted molar refractivity (Wildman–Crippen MR) is 126 cm³/mol. The largest absolute Gasteiger partial charge is 0.504 e. The van der Waals surface area contributed by atoms with Crippen LogP contribution < -0.4 is 0 Å². The zero-order chi connectivity index (χ0) is 28.0. The van der Waals surface area contributed by atoms with Gasteiger partial charge in [0, 0.05) is 17.9 Å². The molecule has 1 aromatic carbocycles. The molecule has 2 heterocycles. The SMILES string of the molecule is C/C=C1\C(O[C@@H]2OC(CO)[C@@H](O)[C@@H](O)C2O)OC=C(C(=O)OC)C1CC(=O)OCCc1ccc(O)c(O)c1. The number of carbonyl (C=O) groups excluding carboxylic acids is 2. The molecule has 0 spiro atoms. The molecule has 210 valence electrons. The van der Waals surface area contributed by atoms with E-state index >= 15 is 0 Å². The second-order valence-electron chi connectivity index (χ2n) is 8.71. The topological polar surface area (TPSA) is 202 Å². The molecule has 3 rings (SSSR count). The van der Waals surface area contributed by atoms with Crippen molar-refractivity contribution in [2.75, 3.05) is 20.3 Å². The first-order chi connectivity index (χ1) is 18.1. The molecule has 13 nitrogen and oxygen atoms in total. The lowest BCUT2D eigenvalue weighted by Crippen LogP contribution is -2.60. The molecule has 0 saturated carbocycles. The van der Waals surface area contributed by atoms with Crippen LogP contribution >= 0.6 is 0 Å². The Morgan fingerprint density at radius 2 is 1.82 bits per heavy atom. The molecule has 1 fully saturated rings. The summed E-state index contributed by atoms with van der Waals surface area (Å²) in [5, 5.41) is 58.8. The van der Waals surface area contributed by atoms with Crippen LogP contribution in [0.4, 0.5) is 0 Å². The van der Waals surface area contributed by atoms with E-state index in [4.69, 9.17) is 23.7 Å². The fourth-order valence-electron chi connectivity index (χ4n) is 4.16. The summed E-state index contributed by atoms with van der Waals surface area (Å²) in [5.74, 6) is -2.89. The van der Waals surface area contributed by atoms with Crippen LogP contribution in [0.2, 0.25) is 0 Å². The van der Waals surface area contributed by atoms with Crippen LogP contribution in [-0.2, 0) is 39.7 Å². The summed E-state index contributed by atoms with van der Waals surface area (Å²) in [6, 6.07) is 4.23. The molecule has 1 saturated heterocycles. The predicted octanol–water partition coefficient (Wildman–Crippen LogP) is -0.634. The summed E-state index contributed by atoms with van der Waals surface area (Å²) in [6.07, 6.45) is -6.39. The lowest BCUT2D eigenvalue weighted by Gasteiger charge is -2.41. The Morgan fingerprint density at radius 1 is 1.08 bits per heavy atom. The number of methoxy groups -OCH3 is 1. The molecule has 7 atom stereocenters. The summed E-state index contributed by atoms with van der Waals surface area (Å²) in [4.78, 5) is 25.1. The monoisotopic (exact) mass is 540 g/mol. The van der Waals surface area contributed by atoms with Gasteiger partial charge in [-0.2, -0.15) is 0 Å². The lowest BCUT2D eigenvalue weighted by molar-refractivity contribution is -0.327. The maximum atomic E-state index is 12.7. The molecular formula is C25H32O13. The van der Waals surface area contributed by atoms with Crippen LogP contribution in [-0.4, -0.2) is 99.9 Å². The van der Waals surface area contributed by atoms with E-state index < -0.39 is 61.5 Å². The number of rotatable bonds is 9. The molecular weight excluding hydrogens is 508 g/mol. The Kier molecular flexibility index (Phi) is 10.1. The summed E-state index contributed by atoms with van der Waals surface area (Å²) in [6.45, 7) is 0.912. The first-order valence-electron chi connectivity index (χ1n) is 11.8. The van der Waals surface area contributed by atoms with Gasteiger partial charge in [0.05, 0.1) is 38.6 Å². The Bertz CT molecular complexity index is 1050. The van der Waals surface area contributed by atoms with E-state index in [-0.39, 0.29) is 36.5 Å². The second-order valence-corrected chi connectivity index (χ2v) is 8.71. The molecule has 2 aliphatic heterocycles. The maximum absolute atomic E-state index is 12.7. The molecule has 0 aromatic heterocycles. The van der Waals surface area contributed by atoms with Gasteiger partial charge in [-0.3, -0.25) is 4.79 Å². The third kappa shape index (κ3) is 6.62. The first-order valence-corrected chi connectivity index (χ1v) is 11.8. The standard InChI is InChI=1S/C25H32O13/c1-3-13-14(9-19(29)35-7-6-12-4-5-16(27)17(28)8-12)15(23(33)34-2)11-36-24(13)38-25-22(32)21(31)20(30)18(10-26)37-25/h3-5,8,11,14,18,20-22,24-28,30-32H,6-7,9-10H2,1-2H3/b13-3-/t14?,18?,20-,21-,22?,24?,25+/m1/s1. The number of phenols is 2. The number of phenolic OH excluding ortho intramolecular Hbond substituents is 2. The number of carbonyl (C=O) groups is 2. The molecule has 0 bridgehead atoms. The van der Waals surface area contributed by atoms with E-state index in [9.17, 15) is 40.2 Å². The third-order valence-electron chi connectivity index (χ3n) is 6.29. The van der Waals surface area contributed by atoms with Crippen molar-refractivity contribution >= 4 is 11.9 Å². The van der Waals surface area contributed by atoms with Gasteiger partial charge in [0.15, 0.2) is 17.8 Å². The van der Waals surface area contributed by atoms with Crippen LogP contribution in [0, 0.1) is 5.92 Å². The number of allylic oxidation sites excluding steroid dienone is 1. The molecule has 6 N–H and O–H groups in total. The van der Waals surface area contributed by atoms with E-state index in [0.29, 0.717) is 11.1 Å². The van der Waals surface area contributed by atoms with Crippen LogP contribution in [0.15, 0.2) is 41.7 Å². The highest BCUT2D eigenvalue weighted by molar-refractivity contribution is 5.90. The van der Waals surface area contributed by atoms with Crippen molar-refractivity contribution in [3.05, 3.63) is 47.2 Å². The fraction of sp³-hybridized carbons (Fsp3) is 0.520. The number of aliphatic hydroxyl groups is 4. The Balaban J connectivity index is 1.71. The molecule has 13 heteroatoms. The van der Waals surface area contributed by atoms with Crippen LogP contribution in [0.25, 0.3) is 0 Å². The van der Waals surface area contributed by atoms with Crippen LogP contribution in [0.5, 0.6) is 11.5 Å². The number of aliphatic hydroxyl groups excluding tert-OH is 4. The maximum Gasteiger partial charge on any atom is 0.337 e. The minimum atomic E-state index is -1.69. The molecule has 0 radical (unpaired) electrons. The zero-order valence-electron chi connectivity index (χ0n) is 20.8. The van der Waals surface area contributed by atoms with E-state index in [1.54, 1.807) is 19.1 Å². The number of hydrogen-bond donors (Lipinski definition) is 6. The van der Waals surface area contributed by atoms with Gasteiger partial charge in [-0.05, 0) is 24.6 Å². The van der Waals surface area contributed by atoms with Crippen molar-refractivity contribution < 1.29 is 63.9 Å². The Labute approximate surface area is 218 Å². The van der Waals surface area contributed by atoms with Gasteiger partial charge >= 0.3 is 11.9 Å². The highest BCUT2D eigenvalue weighted by Crippen LogP contribution is 2.36. The van der Waals surface area contributed by atoms with E-state index in [1.165, 1.54) is 12.1 Å². The van der Waals surface area contributed by atoms with E-state index in [1.807, 2.05) is 0 Å². The number of ether oxygens (including phenoxy) is 5. The highest BCUT2D eigenvalue weighted by atomic mass is 16.8. The van der Waals surface area contributed by atoms with Crippen molar-refractivity contribution in [2.45, 2.75) is 56.8 Å². The highest BCUT2D eigenvalue weighted by Gasteiger charge is 2.46. The van der Waals surface area contributed by atoms with Gasteiger partial charge in [-0.25, -0.2) is 4.79 Å². The molecule has 38 heavy (non-hydrogen) atoms. The number of esters is 2. The van der Waals surface area contributed by atoms with E-state index in [0.717, 1.165) is 13.4 Å².